The lowest BCUT2D eigenvalue weighted by atomic mass is 10.0. The molecule has 1 N–H and O–H groups in total. The summed E-state index contributed by atoms with van der Waals surface area (Å²) < 4.78 is 1.97. The Bertz CT molecular complexity index is 503. The molecule has 4 heteroatoms. The molecular weight excluding hydrogens is 200 g/mol. The highest BCUT2D eigenvalue weighted by Gasteiger charge is 2.26. The summed E-state index contributed by atoms with van der Waals surface area (Å²) in [5, 5.41) is 7.64. The summed E-state index contributed by atoms with van der Waals surface area (Å²) in [6.07, 6.45) is 1.64. The normalized spacial score (nSPS) is 18.2. The van der Waals surface area contributed by atoms with Crippen LogP contribution in [0.25, 0.3) is 0 Å². The van der Waals surface area contributed by atoms with Gasteiger partial charge in [0.2, 0.25) is 0 Å². The number of aryl methyl sites for hydroxylation is 1. The predicted molar refractivity (Wildman–Crippen MR) is 62.5 cm³/mol. The van der Waals surface area contributed by atoms with E-state index in [9.17, 15) is 0 Å². The van der Waals surface area contributed by atoms with Crippen LogP contribution >= 0.6 is 0 Å². The fraction of sp³-hybridized carbons (Fsp3) is 0.333. The predicted octanol–water partition coefficient (Wildman–Crippen LogP) is 1.86. The molecule has 0 aliphatic carbocycles. The van der Waals surface area contributed by atoms with Gasteiger partial charge >= 0.3 is 0 Å². The van der Waals surface area contributed by atoms with Crippen LogP contribution in [0.4, 0.5) is 5.69 Å². The standard InChI is InChI=1S/C12H14N4/c1-2-16-12(14-8-15-16)10-7-13-11-6-4-3-5-9(10)11/h3-6,8,10,13H,2,7H2,1H3. The van der Waals surface area contributed by atoms with E-state index in [0.29, 0.717) is 5.92 Å². The number of rotatable bonds is 2. The highest BCUT2D eigenvalue weighted by molar-refractivity contribution is 5.59. The smallest absolute Gasteiger partial charge is 0.138 e. The summed E-state index contributed by atoms with van der Waals surface area (Å²) in [7, 11) is 0. The van der Waals surface area contributed by atoms with E-state index >= 15 is 0 Å². The van der Waals surface area contributed by atoms with E-state index in [1.807, 2.05) is 4.68 Å². The van der Waals surface area contributed by atoms with Crippen molar-refractivity contribution in [2.75, 3.05) is 11.9 Å². The van der Waals surface area contributed by atoms with Gasteiger partial charge in [-0.2, -0.15) is 5.10 Å². The second-order valence-corrected chi connectivity index (χ2v) is 3.95. The van der Waals surface area contributed by atoms with Gasteiger partial charge in [0.15, 0.2) is 0 Å². The first-order valence-electron chi connectivity index (χ1n) is 5.60. The number of fused-ring (bicyclic) bond motifs is 1. The van der Waals surface area contributed by atoms with Crippen LogP contribution in [0.15, 0.2) is 30.6 Å². The molecule has 3 rings (SSSR count). The molecule has 4 nitrogen and oxygen atoms in total. The third-order valence-corrected chi connectivity index (χ3v) is 3.09. The molecule has 2 aromatic rings. The Labute approximate surface area is 94.3 Å². The van der Waals surface area contributed by atoms with Crippen LogP contribution in [0.3, 0.4) is 0 Å². The first-order valence-corrected chi connectivity index (χ1v) is 5.60. The molecule has 2 heterocycles. The van der Waals surface area contributed by atoms with Crippen LogP contribution in [-0.4, -0.2) is 21.3 Å². The third-order valence-electron chi connectivity index (χ3n) is 3.09. The second kappa shape index (κ2) is 3.63. The van der Waals surface area contributed by atoms with E-state index < -0.39 is 0 Å². The molecule has 0 radical (unpaired) electrons. The van der Waals surface area contributed by atoms with Crippen molar-refractivity contribution >= 4 is 5.69 Å². The largest absolute Gasteiger partial charge is 0.384 e. The SMILES string of the molecule is CCn1ncnc1C1CNc2ccccc21. The van der Waals surface area contributed by atoms with Crippen molar-refractivity contribution in [3.63, 3.8) is 0 Å². The average molecular weight is 214 g/mol. The number of benzene rings is 1. The minimum atomic E-state index is 0.332. The number of aromatic nitrogens is 3. The minimum absolute atomic E-state index is 0.332. The Hall–Kier alpha value is -1.84. The van der Waals surface area contributed by atoms with E-state index in [1.54, 1.807) is 6.33 Å². The number of hydrogen-bond donors (Lipinski definition) is 1. The van der Waals surface area contributed by atoms with Crippen molar-refractivity contribution < 1.29 is 0 Å². The fourth-order valence-corrected chi connectivity index (χ4v) is 2.30. The molecule has 1 aromatic carbocycles. The summed E-state index contributed by atoms with van der Waals surface area (Å²) in [6, 6.07) is 8.40. The van der Waals surface area contributed by atoms with Crippen LogP contribution in [0, 0.1) is 0 Å². The molecule has 1 unspecified atom stereocenters. The maximum Gasteiger partial charge on any atom is 0.138 e. The van der Waals surface area contributed by atoms with Gasteiger partial charge < -0.3 is 5.32 Å². The Kier molecular flexibility index (Phi) is 2.13. The number of nitrogens with zero attached hydrogens (tertiary/aromatic N) is 3. The van der Waals surface area contributed by atoms with Crippen molar-refractivity contribution in [1.29, 1.82) is 0 Å². The van der Waals surface area contributed by atoms with Gasteiger partial charge in [0.25, 0.3) is 0 Å². The molecule has 0 amide bonds. The van der Waals surface area contributed by atoms with E-state index in [1.165, 1.54) is 11.3 Å². The van der Waals surface area contributed by atoms with Gasteiger partial charge in [-0.25, -0.2) is 9.67 Å². The zero-order chi connectivity index (χ0) is 11.0. The quantitative estimate of drug-likeness (QED) is 0.829. The Morgan fingerprint density at radius 1 is 1.44 bits per heavy atom. The number of para-hydroxylation sites is 1. The molecule has 0 spiro atoms. The summed E-state index contributed by atoms with van der Waals surface area (Å²) in [4.78, 5) is 4.38. The fourth-order valence-electron chi connectivity index (χ4n) is 2.30. The third kappa shape index (κ3) is 1.30. The highest BCUT2D eigenvalue weighted by Crippen LogP contribution is 2.34. The molecule has 0 fully saturated rings. The van der Waals surface area contributed by atoms with Crippen molar-refractivity contribution in [1.82, 2.24) is 14.8 Å². The highest BCUT2D eigenvalue weighted by atomic mass is 15.3. The van der Waals surface area contributed by atoms with E-state index in [-0.39, 0.29) is 0 Å². The van der Waals surface area contributed by atoms with Crippen LogP contribution in [-0.2, 0) is 6.54 Å². The van der Waals surface area contributed by atoms with Crippen molar-refractivity contribution in [3.8, 4) is 0 Å². The van der Waals surface area contributed by atoms with Crippen LogP contribution < -0.4 is 5.32 Å². The lowest BCUT2D eigenvalue weighted by Gasteiger charge is -2.10. The van der Waals surface area contributed by atoms with Crippen LogP contribution in [0.2, 0.25) is 0 Å². The van der Waals surface area contributed by atoms with Gasteiger partial charge in [-0.05, 0) is 18.6 Å². The van der Waals surface area contributed by atoms with Gasteiger partial charge in [-0.1, -0.05) is 18.2 Å². The number of hydrogen-bond acceptors (Lipinski definition) is 3. The van der Waals surface area contributed by atoms with Crippen LogP contribution in [0.1, 0.15) is 24.2 Å². The molecule has 1 atom stereocenters. The lowest BCUT2D eigenvalue weighted by Crippen LogP contribution is -2.12. The Balaban J connectivity index is 2.04. The monoisotopic (exact) mass is 214 g/mol. The molecule has 0 saturated heterocycles. The number of nitrogens with one attached hydrogen (secondary N) is 1. The lowest BCUT2D eigenvalue weighted by molar-refractivity contribution is 0.598. The first kappa shape index (κ1) is 9.39. The summed E-state index contributed by atoms with van der Waals surface area (Å²) >= 11 is 0. The van der Waals surface area contributed by atoms with Crippen molar-refractivity contribution in [3.05, 3.63) is 42.0 Å². The van der Waals surface area contributed by atoms with Gasteiger partial charge in [0, 0.05) is 18.8 Å². The maximum atomic E-state index is 4.38. The van der Waals surface area contributed by atoms with E-state index in [2.05, 4.69) is 46.6 Å². The Morgan fingerprint density at radius 2 is 2.31 bits per heavy atom. The topological polar surface area (TPSA) is 42.7 Å². The van der Waals surface area contributed by atoms with Gasteiger partial charge in [-0.15, -0.1) is 0 Å². The zero-order valence-corrected chi connectivity index (χ0v) is 9.22. The number of anilines is 1. The van der Waals surface area contributed by atoms with E-state index in [0.717, 1.165) is 18.9 Å². The van der Waals surface area contributed by atoms with Crippen molar-refractivity contribution in [2.24, 2.45) is 0 Å². The van der Waals surface area contributed by atoms with E-state index in [4.69, 9.17) is 0 Å². The summed E-state index contributed by atoms with van der Waals surface area (Å²) in [6.45, 7) is 3.87. The van der Waals surface area contributed by atoms with Gasteiger partial charge in [-0.3, -0.25) is 0 Å². The zero-order valence-electron chi connectivity index (χ0n) is 9.22. The molecular formula is C12H14N4. The Morgan fingerprint density at radius 3 is 3.19 bits per heavy atom. The van der Waals surface area contributed by atoms with Gasteiger partial charge in [0.05, 0.1) is 5.92 Å². The molecule has 16 heavy (non-hydrogen) atoms. The molecule has 82 valence electrons. The molecule has 1 aliphatic rings. The van der Waals surface area contributed by atoms with Crippen LogP contribution in [0.5, 0.6) is 0 Å². The maximum absolute atomic E-state index is 4.38. The van der Waals surface area contributed by atoms with Gasteiger partial charge in [0.1, 0.15) is 12.2 Å². The van der Waals surface area contributed by atoms with Crippen molar-refractivity contribution in [2.45, 2.75) is 19.4 Å². The summed E-state index contributed by atoms with van der Waals surface area (Å²) in [5.74, 6) is 1.39. The summed E-state index contributed by atoms with van der Waals surface area (Å²) in [5.41, 5.74) is 2.54. The molecule has 1 aromatic heterocycles. The molecule has 0 saturated carbocycles. The average Bonchev–Trinajstić information content (AvgIpc) is 2.94. The second-order valence-electron chi connectivity index (χ2n) is 3.95. The first-order chi connectivity index (χ1) is 7.90. The minimum Gasteiger partial charge on any atom is -0.384 e. The molecule has 1 aliphatic heterocycles. The molecule has 0 bridgehead atoms.